The molecule has 1 saturated heterocycles. The van der Waals surface area contributed by atoms with E-state index in [-0.39, 0.29) is 5.91 Å². The fraction of sp³-hybridized carbons (Fsp3) is 0.200. The van der Waals surface area contributed by atoms with Crippen LogP contribution in [0.15, 0.2) is 79.1 Å². The summed E-state index contributed by atoms with van der Waals surface area (Å²) in [7, 11) is 0. The van der Waals surface area contributed by atoms with Crippen LogP contribution >= 0.6 is 0 Å². The Bertz CT molecular complexity index is 1160. The van der Waals surface area contributed by atoms with Gasteiger partial charge < -0.3 is 5.32 Å². The zero-order chi connectivity index (χ0) is 20.3. The maximum atomic E-state index is 12.6. The fourth-order valence-corrected chi connectivity index (χ4v) is 4.03. The van der Waals surface area contributed by atoms with Gasteiger partial charge in [-0.1, -0.05) is 24.3 Å². The SMILES string of the molecule is O=C(Nc1ccc(CN2CCCC2)cc1)c1ccc(-n2cnc3ccccc32)cc1. The van der Waals surface area contributed by atoms with Crippen molar-refractivity contribution in [3.05, 3.63) is 90.3 Å². The second-order valence-electron chi connectivity index (χ2n) is 7.78. The van der Waals surface area contributed by atoms with Gasteiger partial charge in [0, 0.05) is 23.5 Å². The minimum atomic E-state index is -0.107. The summed E-state index contributed by atoms with van der Waals surface area (Å²) in [6, 6.07) is 23.8. The minimum Gasteiger partial charge on any atom is -0.322 e. The van der Waals surface area contributed by atoms with Gasteiger partial charge in [-0.2, -0.15) is 0 Å². The van der Waals surface area contributed by atoms with E-state index in [2.05, 4.69) is 27.3 Å². The number of carbonyl (C=O) groups excluding carboxylic acids is 1. The van der Waals surface area contributed by atoms with Crippen molar-refractivity contribution in [3.8, 4) is 5.69 Å². The first-order chi connectivity index (χ1) is 14.8. The number of fused-ring (bicyclic) bond motifs is 1. The lowest BCUT2D eigenvalue weighted by molar-refractivity contribution is 0.102. The van der Waals surface area contributed by atoms with Crippen molar-refractivity contribution >= 4 is 22.6 Å². The molecule has 0 aliphatic carbocycles. The van der Waals surface area contributed by atoms with Crippen molar-refractivity contribution in [2.75, 3.05) is 18.4 Å². The van der Waals surface area contributed by atoms with Crippen LogP contribution in [-0.2, 0) is 6.54 Å². The van der Waals surface area contributed by atoms with E-state index < -0.39 is 0 Å². The summed E-state index contributed by atoms with van der Waals surface area (Å²) in [5.74, 6) is -0.107. The van der Waals surface area contributed by atoms with Gasteiger partial charge in [-0.3, -0.25) is 14.3 Å². The molecule has 0 bridgehead atoms. The van der Waals surface area contributed by atoms with E-state index in [1.54, 1.807) is 0 Å². The standard InChI is InChI=1S/C25H24N4O/c30-25(27-21-11-7-19(8-12-21)17-28-15-3-4-16-28)20-9-13-22(14-10-20)29-18-26-23-5-1-2-6-24(23)29/h1-2,5-14,18H,3-4,15-17H2,(H,27,30). The Morgan fingerprint density at radius 3 is 2.40 bits per heavy atom. The van der Waals surface area contributed by atoms with E-state index in [4.69, 9.17) is 0 Å². The molecule has 4 aromatic rings. The predicted molar refractivity (Wildman–Crippen MR) is 120 cm³/mol. The van der Waals surface area contributed by atoms with E-state index in [0.717, 1.165) is 29.0 Å². The molecule has 1 amide bonds. The van der Waals surface area contributed by atoms with Gasteiger partial charge in [0.05, 0.1) is 11.0 Å². The number of nitrogens with zero attached hydrogens (tertiary/aromatic N) is 3. The third kappa shape index (κ3) is 3.84. The maximum absolute atomic E-state index is 12.6. The van der Waals surface area contributed by atoms with Crippen LogP contribution in [0.2, 0.25) is 0 Å². The van der Waals surface area contributed by atoms with Crippen LogP contribution in [0.25, 0.3) is 16.7 Å². The molecule has 3 aromatic carbocycles. The molecule has 2 heterocycles. The van der Waals surface area contributed by atoms with Crippen LogP contribution in [0.5, 0.6) is 0 Å². The summed E-state index contributed by atoms with van der Waals surface area (Å²) in [5.41, 5.74) is 5.70. The predicted octanol–water partition coefficient (Wildman–Crippen LogP) is 4.87. The van der Waals surface area contributed by atoms with Crippen LogP contribution in [0.3, 0.4) is 0 Å². The van der Waals surface area contributed by atoms with Crippen LogP contribution in [0.4, 0.5) is 5.69 Å². The summed E-state index contributed by atoms with van der Waals surface area (Å²) in [6.45, 7) is 3.35. The zero-order valence-electron chi connectivity index (χ0n) is 16.8. The summed E-state index contributed by atoms with van der Waals surface area (Å²) in [5, 5.41) is 2.99. The normalized spacial score (nSPS) is 14.3. The molecule has 5 heteroatoms. The second kappa shape index (κ2) is 8.13. The molecule has 1 fully saturated rings. The molecular weight excluding hydrogens is 372 g/mol. The molecule has 0 saturated carbocycles. The first kappa shape index (κ1) is 18.6. The van der Waals surface area contributed by atoms with Gasteiger partial charge in [-0.25, -0.2) is 4.98 Å². The molecule has 30 heavy (non-hydrogen) atoms. The first-order valence-corrected chi connectivity index (χ1v) is 10.4. The van der Waals surface area contributed by atoms with Gasteiger partial charge in [0.1, 0.15) is 6.33 Å². The third-order valence-corrected chi connectivity index (χ3v) is 5.68. The lowest BCUT2D eigenvalue weighted by Gasteiger charge is -2.14. The van der Waals surface area contributed by atoms with Crippen molar-refractivity contribution in [1.29, 1.82) is 0 Å². The maximum Gasteiger partial charge on any atom is 0.255 e. The van der Waals surface area contributed by atoms with E-state index in [1.807, 2.05) is 71.6 Å². The highest BCUT2D eigenvalue weighted by atomic mass is 16.1. The summed E-state index contributed by atoms with van der Waals surface area (Å²) >= 11 is 0. The smallest absolute Gasteiger partial charge is 0.255 e. The van der Waals surface area contributed by atoms with E-state index in [0.29, 0.717) is 5.56 Å². The highest BCUT2D eigenvalue weighted by molar-refractivity contribution is 6.04. The quantitative estimate of drug-likeness (QED) is 0.523. The molecule has 150 valence electrons. The van der Waals surface area contributed by atoms with Gasteiger partial charge in [-0.15, -0.1) is 0 Å². The molecule has 0 spiro atoms. The lowest BCUT2D eigenvalue weighted by Crippen LogP contribution is -2.18. The van der Waals surface area contributed by atoms with Crippen LogP contribution in [0.1, 0.15) is 28.8 Å². The van der Waals surface area contributed by atoms with Crippen molar-refractivity contribution in [2.24, 2.45) is 0 Å². The Kier molecular flexibility index (Phi) is 5.03. The molecule has 1 aliphatic heterocycles. The van der Waals surface area contributed by atoms with E-state index >= 15 is 0 Å². The van der Waals surface area contributed by atoms with Gasteiger partial charge >= 0.3 is 0 Å². The molecule has 5 nitrogen and oxygen atoms in total. The lowest BCUT2D eigenvalue weighted by atomic mass is 10.1. The first-order valence-electron chi connectivity index (χ1n) is 10.4. The van der Waals surface area contributed by atoms with Crippen LogP contribution < -0.4 is 5.32 Å². The van der Waals surface area contributed by atoms with Crippen LogP contribution in [0, 0.1) is 0 Å². The molecule has 1 aliphatic rings. The van der Waals surface area contributed by atoms with E-state index in [1.165, 1.54) is 31.5 Å². The highest BCUT2D eigenvalue weighted by Crippen LogP contribution is 2.19. The van der Waals surface area contributed by atoms with Crippen LogP contribution in [-0.4, -0.2) is 33.4 Å². The monoisotopic (exact) mass is 396 g/mol. The molecule has 5 rings (SSSR count). The topological polar surface area (TPSA) is 50.2 Å². The number of rotatable bonds is 5. The number of nitrogens with one attached hydrogen (secondary N) is 1. The van der Waals surface area contributed by atoms with Crippen molar-refractivity contribution in [2.45, 2.75) is 19.4 Å². The molecule has 1 N–H and O–H groups in total. The number of benzene rings is 3. The van der Waals surface area contributed by atoms with Crippen molar-refractivity contribution in [3.63, 3.8) is 0 Å². The second-order valence-corrected chi connectivity index (χ2v) is 7.78. The highest BCUT2D eigenvalue weighted by Gasteiger charge is 2.12. The number of likely N-dealkylation sites (tertiary alicyclic amines) is 1. The Morgan fingerprint density at radius 2 is 1.63 bits per heavy atom. The summed E-state index contributed by atoms with van der Waals surface area (Å²) in [4.78, 5) is 19.5. The third-order valence-electron chi connectivity index (χ3n) is 5.68. The Morgan fingerprint density at radius 1 is 0.900 bits per heavy atom. The molecule has 0 radical (unpaired) electrons. The molecule has 0 atom stereocenters. The average Bonchev–Trinajstić information content (AvgIpc) is 3.45. The number of carbonyl (C=O) groups is 1. The number of imidazole rings is 1. The Balaban J connectivity index is 1.26. The van der Waals surface area contributed by atoms with Gasteiger partial charge in [0.2, 0.25) is 0 Å². The molecule has 1 aromatic heterocycles. The largest absolute Gasteiger partial charge is 0.322 e. The number of aromatic nitrogens is 2. The average molecular weight is 396 g/mol. The molecular formula is C25H24N4O. The van der Waals surface area contributed by atoms with Crippen molar-refractivity contribution in [1.82, 2.24) is 14.5 Å². The summed E-state index contributed by atoms with van der Waals surface area (Å²) in [6.07, 6.45) is 4.40. The number of hydrogen-bond donors (Lipinski definition) is 1. The van der Waals surface area contributed by atoms with Crippen molar-refractivity contribution < 1.29 is 4.79 Å². The zero-order valence-corrected chi connectivity index (χ0v) is 16.8. The van der Waals surface area contributed by atoms with Gasteiger partial charge in [0.15, 0.2) is 0 Å². The molecule has 0 unspecified atom stereocenters. The fourth-order valence-electron chi connectivity index (χ4n) is 4.03. The minimum absolute atomic E-state index is 0.107. The number of hydrogen-bond acceptors (Lipinski definition) is 3. The number of para-hydroxylation sites is 2. The van der Waals surface area contributed by atoms with E-state index in [9.17, 15) is 4.79 Å². The summed E-state index contributed by atoms with van der Waals surface area (Å²) < 4.78 is 2.02. The number of anilines is 1. The number of amides is 1. The Hall–Kier alpha value is -3.44. The van der Waals surface area contributed by atoms with Gasteiger partial charge in [-0.05, 0) is 80.0 Å². The van der Waals surface area contributed by atoms with Gasteiger partial charge in [0.25, 0.3) is 5.91 Å². The Labute approximate surface area is 176 Å².